The first-order valence-electron chi connectivity index (χ1n) is 4.39. The number of hydrogen-bond donors (Lipinski definition) is 1. The molecule has 3 heteroatoms. The number of hydrogen-bond acceptors (Lipinski definition) is 3. The van der Waals surface area contributed by atoms with Crippen LogP contribution in [0.25, 0.3) is 0 Å². The van der Waals surface area contributed by atoms with E-state index in [1.807, 2.05) is 6.92 Å². The molecule has 1 N–H and O–H groups in total. The lowest BCUT2D eigenvalue weighted by Crippen LogP contribution is -2.50. The van der Waals surface area contributed by atoms with Gasteiger partial charge in [-0.2, -0.15) is 0 Å². The number of likely N-dealkylation sites (N-methyl/N-ethyl adjacent to an activating group) is 1. The van der Waals surface area contributed by atoms with Gasteiger partial charge in [-0.3, -0.25) is 0 Å². The van der Waals surface area contributed by atoms with Crippen LogP contribution in [0.5, 0.6) is 0 Å². The molecule has 1 rings (SSSR count). The second kappa shape index (κ2) is 5.15. The summed E-state index contributed by atoms with van der Waals surface area (Å²) in [6.07, 6.45) is 0. The molecule has 1 saturated heterocycles. The Morgan fingerprint density at radius 1 is 1.25 bits per heavy atom. The van der Waals surface area contributed by atoms with Crippen LogP contribution in [-0.4, -0.2) is 49.7 Å². The highest BCUT2D eigenvalue weighted by molar-refractivity contribution is 4.96. The largest absolute Gasteiger partial charge is 0.304 e. The van der Waals surface area contributed by atoms with Crippen molar-refractivity contribution in [3.05, 3.63) is 0 Å². The van der Waals surface area contributed by atoms with Gasteiger partial charge in [0.05, 0.1) is 6.54 Å². The Kier molecular flexibility index (Phi) is 4.09. The SMILES string of the molecule is CC#CCNN1CCN(C)CC1. The van der Waals surface area contributed by atoms with Gasteiger partial charge in [-0.25, -0.2) is 10.4 Å². The van der Waals surface area contributed by atoms with Crippen molar-refractivity contribution in [2.75, 3.05) is 39.8 Å². The topological polar surface area (TPSA) is 18.5 Å². The summed E-state index contributed by atoms with van der Waals surface area (Å²) < 4.78 is 0. The summed E-state index contributed by atoms with van der Waals surface area (Å²) in [5.41, 5.74) is 3.28. The minimum atomic E-state index is 0.778. The molecule has 0 unspecified atom stereocenters. The van der Waals surface area contributed by atoms with E-state index in [2.05, 4.69) is 34.2 Å². The molecule has 0 bridgehead atoms. The number of nitrogens with one attached hydrogen (secondary N) is 1. The van der Waals surface area contributed by atoms with Crippen LogP contribution in [0, 0.1) is 11.8 Å². The van der Waals surface area contributed by atoms with E-state index in [0.717, 1.165) is 32.7 Å². The average molecular weight is 167 g/mol. The maximum Gasteiger partial charge on any atom is 0.0714 e. The zero-order valence-electron chi connectivity index (χ0n) is 7.93. The first kappa shape index (κ1) is 9.53. The van der Waals surface area contributed by atoms with Crippen molar-refractivity contribution >= 4 is 0 Å². The summed E-state index contributed by atoms with van der Waals surface area (Å²) in [4.78, 5) is 2.34. The number of rotatable bonds is 2. The average Bonchev–Trinajstić information content (AvgIpc) is 2.09. The fourth-order valence-electron chi connectivity index (χ4n) is 1.20. The molecule has 0 atom stereocenters. The standard InChI is InChI=1S/C9H17N3/c1-3-4-5-10-12-8-6-11(2)7-9-12/h10H,5-9H2,1-2H3. The van der Waals surface area contributed by atoms with Gasteiger partial charge >= 0.3 is 0 Å². The normalized spacial score (nSPS) is 20.2. The quantitative estimate of drug-likeness (QED) is 0.573. The van der Waals surface area contributed by atoms with E-state index in [-0.39, 0.29) is 0 Å². The molecule has 0 saturated carbocycles. The zero-order chi connectivity index (χ0) is 8.81. The smallest absolute Gasteiger partial charge is 0.0714 e. The van der Waals surface area contributed by atoms with Crippen molar-refractivity contribution in [1.29, 1.82) is 0 Å². The van der Waals surface area contributed by atoms with Gasteiger partial charge in [-0.05, 0) is 14.0 Å². The third-order valence-corrected chi connectivity index (χ3v) is 2.07. The molecular weight excluding hydrogens is 150 g/mol. The summed E-state index contributed by atoms with van der Waals surface area (Å²) in [6.45, 7) is 7.13. The molecule has 12 heavy (non-hydrogen) atoms. The Balaban J connectivity index is 2.12. The molecule has 0 radical (unpaired) electrons. The van der Waals surface area contributed by atoms with E-state index >= 15 is 0 Å². The van der Waals surface area contributed by atoms with Crippen molar-refractivity contribution in [2.45, 2.75) is 6.92 Å². The molecular formula is C9H17N3. The summed E-state index contributed by atoms with van der Waals surface area (Å²) in [5, 5.41) is 2.24. The first-order valence-corrected chi connectivity index (χ1v) is 4.39. The molecule has 0 aromatic rings. The third-order valence-electron chi connectivity index (χ3n) is 2.07. The molecule has 1 fully saturated rings. The Morgan fingerprint density at radius 3 is 2.50 bits per heavy atom. The van der Waals surface area contributed by atoms with Gasteiger partial charge < -0.3 is 4.90 Å². The fourth-order valence-corrected chi connectivity index (χ4v) is 1.20. The van der Waals surface area contributed by atoms with Gasteiger partial charge in [-0.1, -0.05) is 5.92 Å². The van der Waals surface area contributed by atoms with Gasteiger partial charge in [0.2, 0.25) is 0 Å². The number of hydrazine groups is 1. The number of piperazine rings is 1. The van der Waals surface area contributed by atoms with Gasteiger partial charge in [0.15, 0.2) is 0 Å². The summed E-state index contributed by atoms with van der Waals surface area (Å²) in [5.74, 6) is 5.86. The summed E-state index contributed by atoms with van der Waals surface area (Å²) in [6, 6.07) is 0. The van der Waals surface area contributed by atoms with Crippen LogP contribution < -0.4 is 5.43 Å². The van der Waals surface area contributed by atoms with E-state index < -0.39 is 0 Å². The Labute approximate surface area is 74.7 Å². The van der Waals surface area contributed by atoms with Crippen LogP contribution in [0.15, 0.2) is 0 Å². The maximum absolute atomic E-state index is 3.28. The minimum absolute atomic E-state index is 0.778. The lowest BCUT2D eigenvalue weighted by Gasteiger charge is -2.32. The fraction of sp³-hybridized carbons (Fsp3) is 0.778. The minimum Gasteiger partial charge on any atom is -0.304 e. The van der Waals surface area contributed by atoms with Crippen molar-refractivity contribution in [2.24, 2.45) is 0 Å². The van der Waals surface area contributed by atoms with Crippen molar-refractivity contribution in [3.63, 3.8) is 0 Å². The van der Waals surface area contributed by atoms with Crippen LogP contribution in [-0.2, 0) is 0 Å². The Bertz CT molecular complexity index is 172. The van der Waals surface area contributed by atoms with Crippen molar-refractivity contribution in [3.8, 4) is 11.8 Å². The molecule has 0 spiro atoms. The molecule has 1 aliphatic rings. The molecule has 1 aliphatic heterocycles. The molecule has 0 aromatic heterocycles. The highest BCUT2D eigenvalue weighted by atomic mass is 15.5. The highest BCUT2D eigenvalue weighted by Gasteiger charge is 2.11. The Morgan fingerprint density at radius 2 is 1.92 bits per heavy atom. The first-order chi connectivity index (χ1) is 5.83. The van der Waals surface area contributed by atoms with Crippen LogP contribution >= 0.6 is 0 Å². The Hall–Kier alpha value is -0.560. The summed E-state index contributed by atoms with van der Waals surface area (Å²) in [7, 11) is 2.16. The lowest BCUT2D eigenvalue weighted by atomic mass is 10.4. The van der Waals surface area contributed by atoms with Gasteiger partial charge in [-0.15, -0.1) is 5.92 Å². The van der Waals surface area contributed by atoms with E-state index in [4.69, 9.17) is 0 Å². The number of nitrogens with zero attached hydrogens (tertiary/aromatic N) is 2. The van der Waals surface area contributed by atoms with E-state index in [0.29, 0.717) is 0 Å². The lowest BCUT2D eigenvalue weighted by molar-refractivity contribution is 0.110. The molecule has 0 aliphatic carbocycles. The van der Waals surface area contributed by atoms with Gasteiger partial charge in [0.25, 0.3) is 0 Å². The second-order valence-corrected chi connectivity index (χ2v) is 3.05. The van der Waals surface area contributed by atoms with Crippen LogP contribution in [0.2, 0.25) is 0 Å². The van der Waals surface area contributed by atoms with Crippen LogP contribution in [0.1, 0.15) is 6.92 Å². The molecule has 0 aromatic carbocycles. The van der Waals surface area contributed by atoms with E-state index in [1.54, 1.807) is 0 Å². The molecule has 0 amide bonds. The van der Waals surface area contributed by atoms with Gasteiger partial charge in [0.1, 0.15) is 0 Å². The van der Waals surface area contributed by atoms with E-state index in [1.165, 1.54) is 0 Å². The van der Waals surface area contributed by atoms with Crippen molar-refractivity contribution in [1.82, 2.24) is 15.3 Å². The van der Waals surface area contributed by atoms with Crippen LogP contribution in [0.4, 0.5) is 0 Å². The summed E-state index contributed by atoms with van der Waals surface area (Å²) >= 11 is 0. The highest BCUT2D eigenvalue weighted by Crippen LogP contribution is 1.94. The second-order valence-electron chi connectivity index (χ2n) is 3.05. The molecule has 3 nitrogen and oxygen atoms in total. The zero-order valence-corrected chi connectivity index (χ0v) is 7.93. The monoisotopic (exact) mass is 167 g/mol. The van der Waals surface area contributed by atoms with Gasteiger partial charge in [0, 0.05) is 26.2 Å². The van der Waals surface area contributed by atoms with Crippen molar-refractivity contribution < 1.29 is 0 Å². The maximum atomic E-state index is 3.28. The predicted molar refractivity (Wildman–Crippen MR) is 50.5 cm³/mol. The molecule has 1 heterocycles. The van der Waals surface area contributed by atoms with Crippen LogP contribution in [0.3, 0.4) is 0 Å². The predicted octanol–water partition coefficient (Wildman–Crippen LogP) is -0.238. The third kappa shape index (κ3) is 3.22. The van der Waals surface area contributed by atoms with E-state index in [9.17, 15) is 0 Å². The molecule has 68 valence electrons.